The summed E-state index contributed by atoms with van der Waals surface area (Å²) in [7, 11) is 0. The summed E-state index contributed by atoms with van der Waals surface area (Å²) in [4.78, 5) is 2.25. The molecule has 0 saturated carbocycles. The summed E-state index contributed by atoms with van der Waals surface area (Å²) in [5, 5.41) is 18.1. The molecule has 3 nitrogen and oxygen atoms in total. The predicted molar refractivity (Wildman–Crippen MR) is 61.7 cm³/mol. The van der Waals surface area contributed by atoms with Gasteiger partial charge < -0.3 is 15.1 Å². The molecule has 0 aromatic carbocycles. The van der Waals surface area contributed by atoms with Crippen LogP contribution in [0.4, 0.5) is 0 Å². The maximum Gasteiger partial charge on any atom is 0.0897 e. The number of likely N-dealkylation sites (tertiary alicyclic amines) is 1. The Morgan fingerprint density at radius 3 is 2.20 bits per heavy atom. The van der Waals surface area contributed by atoms with E-state index in [1.807, 2.05) is 0 Å². The van der Waals surface area contributed by atoms with Crippen molar-refractivity contribution in [2.75, 3.05) is 26.2 Å². The molecule has 1 aliphatic heterocycles. The number of hydrogen-bond donors (Lipinski definition) is 2. The van der Waals surface area contributed by atoms with Crippen molar-refractivity contribution < 1.29 is 10.2 Å². The first-order chi connectivity index (χ1) is 6.93. The molecule has 1 saturated heterocycles. The Labute approximate surface area is 93.1 Å². The van der Waals surface area contributed by atoms with Crippen LogP contribution in [0.15, 0.2) is 0 Å². The van der Waals surface area contributed by atoms with E-state index in [-0.39, 0.29) is 6.61 Å². The van der Waals surface area contributed by atoms with Gasteiger partial charge in [0.25, 0.3) is 0 Å². The number of hydrogen-bond acceptors (Lipinski definition) is 3. The van der Waals surface area contributed by atoms with Crippen LogP contribution in [0, 0.1) is 11.3 Å². The van der Waals surface area contributed by atoms with E-state index in [0.717, 1.165) is 19.0 Å². The van der Waals surface area contributed by atoms with Crippen LogP contribution >= 0.6 is 0 Å². The fourth-order valence-electron chi connectivity index (χ4n) is 2.34. The number of rotatable bonds is 3. The normalized spacial score (nSPS) is 23.0. The average Bonchev–Trinajstić information content (AvgIpc) is 2.17. The summed E-state index contributed by atoms with van der Waals surface area (Å²) in [5.41, 5.74) is 0.404. The molecule has 1 rings (SSSR count). The Hall–Kier alpha value is -0.120. The van der Waals surface area contributed by atoms with Crippen molar-refractivity contribution in [2.24, 2.45) is 11.3 Å². The number of nitrogens with zero attached hydrogens (tertiary/aromatic N) is 1. The smallest absolute Gasteiger partial charge is 0.0897 e. The first-order valence-corrected chi connectivity index (χ1v) is 5.94. The zero-order chi connectivity index (χ0) is 11.5. The highest BCUT2D eigenvalue weighted by Gasteiger charge is 2.28. The zero-order valence-corrected chi connectivity index (χ0v) is 10.2. The Morgan fingerprint density at radius 2 is 1.80 bits per heavy atom. The van der Waals surface area contributed by atoms with Gasteiger partial charge in [-0.25, -0.2) is 0 Å². The lowest BCUT2D eigenvalue weighted by atomic mass is 9.75. The molecule has 0 radical (unpaired) electrons. The summed E-state index contributed by atoms with van der Waals surface area (Å²) in [6, 6.07) is 0. The van der Waals surface area contributed by atoms with E-state index in [0.29, 0.717) is 12.0 Å². The fourth-order valence-corrected chi connectivity index (χ4v) is 2.34. The quantitative estimate of drug-likeness (QED) is 0.741. The molecule has 1 heterocycles. The van der Waals surface area contributed by atoms with Crippen LogP contribution in [0.3, 0.4) is 0 Å². The van der Waals surface area contributed by atoms with Crippen LogP contribution in [0.1, 0.15) is 33.6 Å². The second-order valence-electron chi connectivity index (χ2n) is 5.78. The molecule has 0 spiro atoms. The lowest BCUT2D eigenvalue weighted by Gasteiger charge is -2.39. The Morgan fingerprint density at radius 1 is 1.27 bits per heavy atom. The Bertz CT molecular complexity index is 181. The number of β-amino-alcohol motifs (C(OH)–C–C–N with tert-alkyl or cyclic N) is 1. The average molecular weight is 215 g/mol. The first-order valence-electron chi connectivity index (χ1n) is 5.94. The van der Waals surface area contributed by atoms with E-state index in [2.05, 4.69) is 25.7 Å². The van der Waals surface area contributed by atoms with Gasteiger partial charge >= 0.3 is 0 Å². The second-order valence-corrected chi connectivity index (χ2v) is 5.78. The molecular weight excluding hydrogens is 190 g/mol. The number of aliphatic hydroxyl groups excluding tert-OH is 2. The van der Waals surface area contributed by atoms with Crippen molar-refractivity contribution in [1.82, 2.24) is 4.90 Å². The maximum absolute atomic E-state index is 9.34. The van der Waals surface area contributed by atoms with Gasteiger partial charge in [0.15, 0.2) is 0 Å². The van der Waals surface area contributed by atoms with Gasteiger partial charge in [-0.2, -0.15) is 0 Å². The second kappa shape index (κ2) is 5.28. The van der Waals surface area contributed by atoms with E-state index in [4.69, 9.17) is 5.11 Å². The van der Waals surface area contributed by atoms with Gasteiger partial charge in [0.1, 0.15) is 0 Å². The largest absolute Gasteiger partial charge is 0.394 e. The minimum atomic E-state index is -0.573. The van der Waals surface area contributed by atoms with Crippen molar-refractivity contribution in [3.05, 3.63) is 0 Å². The molecule has 1 atom stereocenters. The highest BCUT2D eigenvalue weighted by Crippen LogP contribution is 2.34. The first kappa shape index (κ1) is 12.9. The van der Waals surface area contributed by atoms with E-state index < -0.39 is 6.10 Å². The number of aliphatic hydroxyl groups is 2. The van der Waals surface area contributed by atoms with Crippen LogP contribution in [0.5, 0.6) is 0 Å². The van der Waals surface area contributed by atoms with Crippen LogP contribution in [-0.4, -0.2) is 47.5 Å². The molecular formula is C12H25NO2. The van der Waals surface area contributed by atoms with Gasteiger partial charge in [-0.1, -0.05) is 20.8 Å². The Kier molecular flexibility index (Phi) is 4.56. The van der Waals surface area contributed by atoms with Gasteiger partial charge in [0.05, 0.1) is 12.7 Å². The standard InChI is InChI=1S/C12H25NO2/c1-12(2,3)10-4-6-13(7-5-10)8-11(15)9-14/h10-11,14-15H,4-9H2,1-3H3. The minimum Gasteiger partial charge on any atom is -0.394 e. The summed E-state index contributed by atoms with van der Waals surface area (Å²) >= 11 is 0. The van der Waals surface area contributed by atoms with Crippen LogP contribution in [0.2, 0.25) is 0 Å². The highest BCUT2D eigenvalue weighted by atomic mass is 16.3. The minimum absolute atomic E-state index is 0.126. The summed E-state index contributed by atoms with van der Waals surface area (Å²) in [6.07, 6.45) is 1.85. The molecule has 3 heteroatoms. The molecule has 1 unspecified atom stereocenters. The van der Waals surface area contributed by atoms with Gasteiger partial charge in [-0.15, -0.1) is 0 Å². The fraction of sp³-hybridized carbons (Fsp3) is 1.00. The topological polar surface area (TPSA) is 43.7 Å². The summed E-state index contributed by atoms with van der Waals surface area (Å²) < 4.78 is 0. The maximum atomic E-state index is 9.34. The number of piperidine rings is 1. The highest BCUT2D eigenvalue weighted by molar-refractivity contribution is 4.81. The molecule has 90 valence electrons. The van der Waals surface area contributed by atoms with E-state index in [1.165, 1.54) is 12.8 Å². The Balaban J connectivity index is 2.30. The third-order valence-electron chi connectivity index (χ3n) is 3.49. The van der Waals surface area contributed by atoms with Crippen molar-refractivity contribution in [2.45, 2.75) is 39.7 Å². The SMILES string of the molecule is CC(C)(C)C1CCN(CC(O)CO)CC1. The van der Waals surface area contributed by atoms with Crippen molar-refractivity contribution >= 4 is 0 Å². The van der Waals surface area contributed by atoms with Crippen LogP contribution in [-0.2, 0) is 0 Å². The van der Waals surface area contributed by atoms with Crippen molar-refractivity contribution in [1.29, 1.82) is 0 Å². The van der Waals surface area contributed by atoms with Crippen LogP contribution < -0.4 is 0 Å². The molecule has 0 bridgehead atoms. The third kappa shape index (κ3) is 4.09. The molecule has 2 N–H and O–H groups in total. The monoisotopic (exact) mass is 215 g/mol. The van der Waals surface area contributed by atoms with Gasteiger partial charge in [0.2, 0.25) is 0 Å². The molecule has 1 fully saturated rings. The van der Waals surface area contributed by atoms with Gasteiger partial charge in [0, 0.05) is 6.54 Å². The van der Waals surface area contributed by atoms with Gasteiger partial charge in [-0.05, 0) is 37.3 Å². The molecule has 0 aromatic rings. The molecule has 1 aliphatic rings. The van der Waals surface area contributed by atoms with Crippen molar-refractivity contribution in [3.8, 4) is 0 Å². The van der Waals surface area contributed by atoms with E-state index in [1.54, 1.807) is 0 Å². The lowest BCUT2D eigenvalue weighted by Crippen LogP contribution is -2.42. The van der Waals surface area contributed by atoms with Crippen LogP contribution in [0.25, 0.3) is 0 Å². The predicted octanol–water partition coefficient (Wildman–Crippen LogP) is 1.10. The molecule has 0 aliphatic carbocycles. The zero-order valence-electron chi connectivity index (χ0n) is 10.2. The third-order valence-corrected chi connectivity index (χ3v) is 3.49. The molecule has 0 amide bonds. The van der Waals surface area contributed by atoms with E-state index >= 15 is 0 Å². The molecule has 15 heavy (non-hydrogen) atoms. The van der Waals surface area contributed by atoms with Gasteiger partial charge in [-0.3, -0.25) is 0 Å². The molecule has 0 aromatic heterocycles. The van der Waals surface area contributed by atoms with Crippen molar-refractivity contribution in [3.63, 3.8) is 0 Å². The lowest BCUT2D eigenvalue weighted by molar-refractivity contribution is 0.0362. The van der Waals surface area contributed by atoms with E-state index in [9.17, 15) is 5.11 Å². The summed E-state index contributed by atoms with van der Waals surface area (Å²) in [6.45, 7) is 9.51. The summed E-state index contributed by atoms with van der Waals surface area (Å²) in [5.74, 6) is 0.792.